The van der Waals surface area contributed by atoms with Crippen LogP contribution < -0.4 is 9.64 Å². The second-order valence-corrected chi connectivity index (χ2v) is 10.3. The third kappa shape index (κ3) is 4.86. The minimum atomic E-state index is -3.50. The van der Waals surface area contributed by atoms with Crippen molar-refractivity contribution >= 4 is 21.7 Å². The number of piperidine rings is 1. The molecule has 1 amide bonds. The molecule has 2 saturated heterocycles. The van der Waals surface area contributed by atoms with Crippen molar-refractivity contribution in [1.29, 1.82) is 0 Å². The van der Waals surface area contributed by atoms with Crippen molar-refractivity contribution in [3.63, 3.8) is 0 Å². The van der Waals surface area contributed by atoms with E-state index in [0.717, 1.165) is 19.3 Å². The van der Waals surface area contributed by atoms with Gasteiger partial charge in [0.25, 0.3) is 5.91 Å². The van der Waals surface area contributed by atoms with Crippen LogP contribution in [0.5, 0.6) is 5.88 Å². The Morgan fingerprint density at radius 1 is 1.06 bits per heavy atom. The van der Waals surface area contributed by atoms with Crippen LogP contribution in [0.4, 0.5) is 5.82 Å². The van der Waals surface area contributed by atoms with E-state index in [-0.39, 0.29) is 16.9 Å². The largest absolute Gasteiger partial charge is 0.471 e. The van der Waals surface area contributed by atoms with E-state index >= 15 is 0 Å². The van der Waals surface area contributed by atoms with Gasteiger partial charge in [0.15, 0.2) is 5.82 Å². The molecule has 0 N–H and O–H groups in total. The first-order valence-corrected chi connectivity index (χ1v) is 12.3. The van der Waals surface area contributed by atoms with E-state index in [4.69, 9.17) is 4.74 Å². The van der Waals surface area contributed by atoms with Crippen LogP contribution in [-0.4, -0.2) is 79.9 Å². The normalized spacial score (nSPS) is 19.7. The summed E-state index contributed by atoms with van der Waals surface area (Å²) in [6, 6.07) is 6.26. The Morgan fingerprint density at radius 2 is 1.78 bits per heavy atom. The predicted octanol–water partition coefficient (Wildman–Crippen LogP) is 2.01. The maximum atomic E-state index is 12.9. The number of anilines is 1. The topological polar surface area (TPSA) is 95.9 Å². The van der Waals surface area contributed by atoms with Gasteiger partial charge in [-0.2, -0.15) is 9.29 Å². The van der Waals surface area contributed by atoms with Gasteiger partial charge < -0.3 is 14.5 Å². The Kier molecular flexibility index (Phi) is 6.61. The molecule has 2 aromatic rings. The maximum Gasteiger partial charge on any atom is 0.253 e. The number of amides is 1. The quantitative estimate of drug-likeness (QED) is 0.652. The summed E-state index contributed by atoms with van der Waals surface area (Å²) >= 11 is 0. The molecule has 1 unspecified atom stereocenters. The molecule has 0 saturated carbocycles. The van der Waals surface area contributed by atoms with Gasteiger partial charge in [0.1, 0.15) is 6.10 Å². The number of nitrogens with zero attached hydrogens (tertiary/aromatic N) is 5. The minimum Gasteiger partial charge on any atom is -0.471 e. The summed E-state index contributed by atoms with van der Waals surface area (Å²) in [5, 5.41) is 0. The molecule has 10 heteroatoms. The Bertz CT molecular complexity index is 1050. The summed E-state index contributed by atoms with van der Waals surface area (Å²) in [5.41, 5.74) is 0.470. The number of likely N-dealkylation sites (tertiary alicyclic amines) is 1. The zero-order valence-electron chi connectivity index (χ0n) is 18.5. The lowest BCUT2D eigenvalue weighted by Crippen LogP contribution is -2.35. The maximum absolute atomic E-state index is 12.9. The number of hydrogen-bond donors (Lipinski definition) is 0. The summed E-state index contributed by atoms with van der Waals surface area (Å²) in [6.07, 6.45) is 6.60. The average molecular weight is 460 g/mol. The lowest BCUT2D eigenvalue weighted by molar-refractivity contribution is 0.0771. The summed E-state index contributed by atoms with van der Waals surface area (Å²) in [4.78, 5) is 25.3. The van der Waals surface area contributed by atoms with E-state index in [9.17, 15) is 13.2 Å². The Hall–Kier alpha value is -2.72. The van der Waals surface area contributed by atoms with Crippen LogP contribution in [-0.2, 0) is 10.0 Å². The highest BCUT2D eigenvalue weighted by Crippen LogP contribution is 2.23. The Morgan fingerprint density at radius 3 is 2.47 bits per heavy atom. The highest BCUT2D eigenvalue weighted by atomic mass is 32.2. The summed E-state index contributed by atoms with van der Waals surface area (Å²) in [6.45, 7) is 2.12. The highest BCUT2D eigenvalue weighted by molar-refractivity contribution is 7.89. The molecule has 0 spiro atoms. The lowest BCUT2D eigenvalue weighted by Gasteiger charge is -2.26. The Balaban J connectivity index is 1.38. The van der Waals surface area contributed by atoms with E-state index in [1.54, 1.807) is 29.4 Å². The molecule has 32 heavy (non-hydrogen) atoms. The van der Waals surface area contributed by atoms with E-state index in [2.05, 4.69) is 9.97 Å². The fourth-order valence-corrected chi connectivity index (χ4v) is 5.51. The molecule has 2 fully saturated rings. The van der Waals surface area contributed by atoms with Gasteiger partial charge in [0.2, 0.25) is 15.9 Å². The van der Waals surface area contributed by atoms with E-state index in [1.165, 1.54) is 16.4 Å². The zero-order valence-corrected chi connectivity index (χ0v) is 19.3. The first-order chi connectivity index (χ1) is 15.3. The molecule has 3 heterocycles. The zero-order chi connectivity index (χ0) is 22.7. The second kappa shape index (κ2) is 9.41. The molecule has 9 nitrogen and oxygen atoms in total. The number of ether oxygens (including phenoxy) is 1. The van der Waals surface area contributed by atoms with Gasteiger partial charge in [-0.3, -0.25) is 9.78 Å². The molecule has 2 aliphatic heterocycles. The first-order valence-electron chi connectivity index (χ1n) is 10.9. The van der Waals surface area contributed by atoms with Gasteiger partial charge in [-0.25, -0.2) is 8.42 Å². The van der Waals surface area contributed by atoms with Crippen LogP contribution in [0.15, 0.2) is 41.6 Å². The van der Waals surface area contributed by atoms with E-state index in [1.807, 2.05) is 19.0 Å². The van der Waals surface area contributed by atoms with Gasteiger partial charge in [-0.1, -0.05) is 6.42 Å². The molecule has 1 aromatic heterocycles. The number of carbonyl (C=O) groups excluding carboxylic acids is 1. The average Bonchev–Trinajstić information content (AvgIpc) is 3.28. The van der Waals surface area contributed by atoms with Crippen LogP contribution in [0, 0.1) is 0 Å². The minimum absolute atomic E-state index is 0.133. The van der Waals surface area contributed by atoms with Gasteiger partial charge in [0.05, 0.1) is 23.8 Å². The Labute approximate surface area is 189 Å². The monoisotopic (exact) mass is 459 g/mol. The first kappa shape index (κ1) is 22.5. The van der Waals surface area contributed by atoms with Gasteiger partial charge in [-0.15, -0.1) is 0 Å². The molecule has 1 atom stereocenters. The van der Waals surface area contributed by atoms with Crippen LogP contribution in [0.1, 0.15) is 36.0 Å². The van der Waals surface area contributed by atoms with Crippen molar-refractivity contribution in [2.45, 2.75) is 36.7 Å². The second-order valence-electron chi connectivity index (χ2n) is 8.38. The van der Waals surface area contributed by atoms with Gasteiger partial charge >= 0.3 is 0 Å². The number of carbonyl (C=O) groups is 1. The van der Waals surface area contributed by atoms with Crippen molar-refractivity contribution in [3.05, 3.63) is 42.2 Å². The number of sulfonamides is 1. The van der Waals surface area contributed by atoms with Crippen molar-refractivity contribution in [1.82, 2.24) is 19.2 Å². The van der Waals surface area contributed by atoms with E-state index in [0.29, 0.717) is 49.9 Å². The predicted molar refractivity (Wildman–Crippen MR) is 120 cm³/mol. The standard InChI is InChI=1S/C22H29N5O4S/c1-25(2)20-14-23-15-21(24-20)31-18-10-13-26(16-18)22(28)17-6-8-19(9-7-17)32(29,30)27-11-4-3-5-12-27/h6-9,14-15,18H,3-5,10-13,16H2,1-2H3. The fourth-order valence-electron chi connectivity index (χ4n) is 4.00. The smallest absolute Gasteiger partial charge is 0.253 e. The fraction of sp³-hybridized carbons (Fsp3) is 0.500. The lowest BCUT2D eigenvalue weighted by atomic mass is 10.2. The molecular formula is C22H29N5O4S. The number of hydrogen-bond acceptors (Lipinski definition) is 7. The van der Waals surface area contributed by atoms with Crippen LogP contribution >= 0.6 is 0 Å². The number of benzene rings is 1. The van der Waals surface area contributed by atoms with Crippen molar-refractivity contribution in [2.24, 2.45) is 0 Å². The summed E-state index contributed by atoms with van der Waals surface area (Å²) < 4.78 is 33.1. The molecule has 0 aliphatic carbocycles. The molecule has 2 aliphatic rings. The van der Waals surface area contributed by atoms with Crippen LogP contribution in [0.3, 0.4) is 0 Å². The van der Waals surface area contributed by atoms with Gasteiger partial charge in [0, 0.05) is 45.7 Å². The van der Waals surface area contributed by atoms with Crippen molar-refractivity contribution in [2.75, 3.05) is 45.2 Å². The van der Waals surface area contributed by atoms with Crippen molar-refractivity contribution in [3.8, 4) is 5.88 Å². The van der Waals surface area contributed by atoms with Crippen LogP contribution in [0.2, 0.25) is 0 Å². The van der Waals surface area contributed by atoms with Gasteiger partial charge in [-0.05, 0) is 37.1 Å². The molecule has 172 valence electrons. The molecule has 0 bridgehead atoms. The summed E-state index contributed by atoms with van der Waals surface area (Å²) in [5.74, 6) is 1.00. The molecule has 4 rings (SSSR count). The van der Waals surface area contributed by atoms with E-state index < -0.39 is 10.0 Å². The number of aromatic nitrogens is 2. The highest BCUT2D eigenvalue weighted by Gasteiger charge is 2.30. The third-order valence-electron chi connectivity index (χ3n) is 5.83. The SMILES string of the molecule is CN(C)c1cncc(OC2CCN(C(=O)c3ccc(S(=O)(=O)N4CCCCC4)cc3)C2)n1. The molecule has 0 radical (unpaired) electrons. The van der Waals surface area contributed by atoms with Crippen molar-refractivity contribution < 1.29 is 17.9 Å². The summed E-state index contributed by atoms with van der Waals surface area (Å²) in [7, 11) is 0.259. The number of rotatable bonds is 6. The van der Waals surface area contributed by atoms with Crippen LogP contribution in [0.25, 0.3) is 0 Å². The molecular weight excluding hydrogens is 430 g/mol. The molecule has 1 aromatic carbocycles. The third-order valence-corrected chi connectivity index (χ3v) is 7.74.